The molecule has 2 aliphatic rings. The molecule has 3 rings (SSSR count). The monoisotopic (exact) mass is 568 g/mol. The van der Waals surface area contributed by atoms with Gasteiger partial charge in [-0.2, -0.15) is 0 Å². The van der Waals surface area contributed by atoms with Crippen LogP contribution in [0.5, 0.6) is 0 Å². The van der Waals surface area contributed by atoms with Gasteiger partial charge in [0.15, 0.2) is 0 Å². The first kappa shape index (κ1) is 32.4. The van der Waals surface area contributed by atoms with Gasteiger partial charge in [0.1, 0.15) is 23.9 Å². The third kappa shape index (κ3) is 12.9. The highest BCUT2D eigenvalue weighted by atomic mass is 16.6. The number of hydrogen-bond acceptors (Lipinski definition) is 6. The van der Waals surface area contributed by atoms with Crippen molar-refractivity contribution in [3.8, 4) is 0 Å². The van der Waals surface area contributed by atoms with Gasteiger partial charge in [-0.1, -0.05) is 81.9 Å². The van der Waals surface area contributed by atoms with Crippen LogP contribution in [0.3, 0.4) is 0 Å². The van der Waals surface area contributed by atoms with Gasteiger partial charge in [-0.05, 0) is 63.4 Å². The normalized spacial score (nSPS) is 23.0. The maximum atomic E-state index is 13.4. The summed E-state index contributed by atoms with van der Waals surface area (Å²) in [7, 11) is 0. The summed E-state index contributed by atoms with van der Waals surface area (Å²) in [5.41, 5.74) is 0.191. The Morgan fingerprint density at radius 2 is 1.71 bits per heavy atom. The van der Waals surface area contributed by atoms with Crippen LogP contribution in [0.2, 0.25) is 0 Å². The highest BCUT2D eigenvalue weighted by Crippen LogP contribution is 2.36. The Balaban J connectivity index is 1.72. The molecule has 8 nitrogen and oxygen atoms in total. The van der Waals surface area contributed by atoms with Crippen molar-refractivity contribution in [3.63, 3.8) is 0 Å². The summed E-state index contributed by atoms with van der Waals surface area (Å²) in [5.74, 6) is -0.966. The van der Waals surface area contributed by atoms with E-state index in [-0.39, 0.29) is 31.1 Å². The molecule has 1 aliphatic carbocycles. The molecule has 0 spiro atoms. The van der Waals surface area contributed by atoms with Crippen LogP contribution in [0.25, 0.3) is 0 Å². The van der Waals surface area contributed by atoms with Crippen molar-refractivity contribution in [1.82, 2.24) is 10.6 Å². The van der Waals surface area contributed by atoms with Crippen molar-refractivity contribution in [2.45, 2.75) is 122 Å². The minimum absolute atomic E-state index is 0.0480. The second kappa shape index (κ2) is 16.3. The molecule has 1 saturated carbocycles. The van der Waals surface area contributed by atoms with E-state index < -0.39 is 29.5 Å². The van der Waals surface area contributed by atoms with Crippen molar-refractivity contribution in [2.24, 2.45) is 11.8 Å². The highest BCUT2D eigenvalue weighted by Gasteiger charge is 2.31. The van der Waals surface area contributed by atoms with Crippen LogP contribution in [-0.4, -0.2) is 35.4 Å². The Morgan fingerprint density at radius 1 is 0.976 bits per heavy atom. The molecule has 0 saturated heterocycles. The van der Waals surface area contributed by atoms with Crippen LogP contribution >= 0.6 is 0 Å². The van der Waals surface area contributed by atoms with E-state index in [1.54, 1.807) is 6.08 Å². The number of amides is 2. The topological polar surface area (TPSA) is 111 Å². The van der Waals surface area contributed by atoms with Gasteiger partial charge in [-0.3, -0.25) is 14.4 Å². The zero-order chi connectivity index (χ0) is 29.7. The van der Waals surface area contributed by atoms with E-state index in [2.05, 4.69) is 17.6 Å². The Bertz CT molecular complexity index is 1050. The first-order chi connectivity index (χ1) is 19.6. The number of ether oxygens (including phenoxy) is 2. The molecular weight excluding hydrogens is 520 g/mol. The lowest BCUT2D eigenvalue weighted by atomic mass is 9.96. The number of nitrogens with one attached hydrogen (secondary N) is 2. The molecule has 1 fully saturated rings. The van der Waals surface area contributed by atoms with Crippen molar-refractivity contribution < 1.29 is 28.7 Å². The van der Waals surface area contributed by atoms with Gasteiger partial charge in [0.25, 0.3) is 0 Å². The second-order valence-corrected chi connectivity index (χ2v) is 12.3. The van der Waals surface area contributed by atoms with Crippen LogP contribution in [0, 0.1) is 11.8 Å². The van der Waals surface area contributed by atoms with Gasteiger partial charge in [-0.15, -0.1) is 0 Å². The molecule has 226 valence electrons. The van der Waals surface area contributed by atoms with Gasteiger partial charge in [-0.25, -0.2) is 4.79 Å². The summed E-state index contributed by atoms with van der Waals surface area (Å²) in [6.07, 6.45) is 12.1. The lowest BCUT2D eigenvalue weighted by Gasteiger charge is -2.26. The molecule has 2 N–H and O–H groups in total. The van der Waals surface area contributed by atoms with Crippen LogP contribution in [-0.2, 0) is 35.3 Å². The quantitative estimate of drug-likeness (QED) is 0.360. The average Bonchev–Trinajstić information content (AvgIpc) is 3.76. The van der Waals surface area contributed by atoms with E-state index in [1.807, 2.05) is 44.2 Å². The first-order valence-corrected chi connectivity index (χ1v) is 15.3. The summed E-state index contributed by atoms with van der Waals surface area (Å²) in [6, 6.07) is 8.05. The molecule has 1 aliphatic heterocycles. The molecule has 8 heteroatoms. The number of carbonyl (C=O) groups excluding carboxylic acids is 4. The van der Waals surface area contributed by atoms with Crippen molar-refractivity contribution >= 4 is 23.8 Å². The molecular formula is C33H48N2O6. The molecule has 1 aromatic rings. The summed E-state index contributed by atoms with van der Waals surface area (Å²) >= 11 is 0. The number of hydrogen-bond donors (Lipinski definition) is 2. The maximum Gasteiger partial charge on any atom is 0.355 e. The van der Waals surface area contributed by atoms with Crippen molar-refractivity contribution in [1.29, 1.82) is 0 Å². The van der Waals surface area contributed by atoms with Crippen LogP contribution in [0.4, 0.5) is 0 Å². The van der Waals surface area contributed by atoms with Gasteiger partial charge in [0, 0.05) is 6.42 Å². The molecule has 0 aromatic heterocycles. The smallest absolute Gasteiger partial charge is 0.355 e. The molecule has 1 heterocycles. The predicted molar refractivity (Wildman–Crippen MR) is 157 cm³/mol. The first-order valence-electron chi connectivity index (χ1n) is 15.3. The Hall–Kier alpha value is -3.16. The fraction of sp³-hybridized carbons (Fsp3) is 0.636. The maximum absolute atomic E-state index is 13.4. The number of esters is 2. The van der Waals surface area contributed by atoms with E-state index in [0.29, 0.717) is 24.7 Å². The summed E-state index contributed by atoms with van der Waals surface area (Å²) in [5, 5.41) is 5.39. The minimum atomic E-state index is -1.19. The zero-order valence-electron chi connectivity index (χ0n) is 25.0. The van der Waals surface area contributed by atoms with E-state index in [4.69, 9.17) is 9.47 Å². The molecule has 1 unspecified atom stereocenters. The Labute approximate surface area is 245 Å². The van der Waals surface area contributed by atoms with Crippen molar-refractivity contribution in [2.75, 3.05) is 0 Å². The average molecular weight is 569 g/mol. The lowest BCUT2D eigenvalue weighted by Crippen LogP contribution is -2.48. The van der Waals surface area contributed by atoms with E-state index in [1.165, 1.54) is 12.8 Å². The number of carbonyl (C=O) groups is 4. The van der Waals surface area contributed by atoms with E-state index >= 15 is 0 Å². The van der Waals surface area contributed by atoms with Gasteiger partial charge in [0.2, 0.25) is 11.8 Å². The molecule has 1 aromatic carbocycles. The second-order valence-electron chi connectivity index (χ2n) is 12.3. The van der Waals surface area contributed by atoms with E-state index in [9.17, 15) is 19.2 Å². The summed E-state index contributed by atoms with van der Waals surface area (Å²) in [6.45, 7) is 6.03. The third-order valence-electron chi connectivity index (χ3n) is 7.81. The molecule has 0 bridgehead atoms. The van der Waals surface area contributed by atoms with Gasteiger partial charge in [0.05, 0.1) is 6.42 Å². The fourth-order valence-corrected chi connectivity index (χ4v) is 4.98. The zero-order valence-corrected chi connectivity index (χ0v) is 25.0. The minimum Gasteiger partial charge on any atom is -0.461 e. The standard InChI is InChI=1S/C33H48N2O6/c1-24-12-7-4-5-10-16-27(32(39)41-33(2,3)21-20-25-18-19-25)35-31(38)28(34-29(36)17-11-13-24)22-30(37)40-23-26-14-8-6-9-15-26/h6,8-9,14-16,24-25,28H,4-5,7,10-13,17-23H2,1-3H3,(H,34,36)(H,35,38)/b27-16-/t24?,28-/m0/s1. The summed E-state index contributed by atoms with van der Waals surface area (Å²) in [4.78, 5) is 52.2. The Morgan fingerprint density at radius 3 is 2.44 bits per heavy atom. The van der Waals surface area contributed by atoms with E-state index in [0.717, 1.165) is 50.5 Å². The number of rotatable bonds is 9. The lowest BCUT2D eigenvalue weighted by molar-refractivity contribution is -0.153. The highest BCUT2D eigenvalue weighted by molar-refractivity contribution is 5.98. The molecule has 2 atom stereocenters. The SMILES string of the molecule is CC1CCCCC/C=C(/C(=O)OC(C)(C)CCC2CC2)NC(=O)[C@H](CC(=O)OCc2ccccc2)NC(=O)CCC1. The molecule has 41 heavy (non-hydrogen) atoms. The number of allylic oxidation sites excluding steroid dienone is 1. The fourth-order valence-electron chi connectivity index (χ4n) is 4.98. The van der Waals surface area contributed by atoms with Crippen LogP contribution in [0.1, 0.15) is 110 Å². The van der Waals surface area contributed by atoms with Crippen molar-refractivity contribution in [3.05, 3.63) is 47.7 Å². The van der Waals surface area contributed by atoms with Gasteiger partial charge < -0.3 is 20.1 Å². The largest absolute Gasteiger partial charge is 0.461 e. The number of benzene rings is 1. The summed E-state index contributed by atoms with van der Waals surface area (Å²) < 4.78 is 11.2. The molecule has 0 radical (unpaired) electrons. The van der Waals surface area contributed by atoms with Crippen LogP contribution in [0.15, 0.2) is 42.1 Å². The third-order valence-corrected chi connectivity index (χ3v) is 7.81. The van der Waals surface area contributed by atoms with Crippen LogP contribution < -0.4 is 10.6 Å². The Kier molecular flexibility index (Phi) is 12.9. The predicted octanol–water partition coefficient (Wildman–Crippen LogP) is 5.89. The molecule has 2 amide bonds. The van der Waals surface area contributed by atoms with Gasteiger partial charge >= 0.3 is 11.9 Å².